The number of benzene rings is 1. The Morgan fingerprint density at radius 2 is 1.71 bits per heavy atom. The number of carbonyl (C=O) groups is 1. The van der Waals surface area contributed by atoms with Crippen LogP contribution in [-0.2, 0) is 13.6 Å². The van der Waals surface area contributed by atoms with Gasteiger partial charge < -0.3 is 14.2 Å². The fourth-order valence-electron chi connectivity index (χ4n) is 1.35. The Bertz CT molecular complexity index is 432. The molecule has 5 nitrogen and oxygen atoms in total. The van der Waals surface area contributed by atoms with E-state index in [2.05, 4.69) is 0 Å². The largest absolute Gasteiger partial charge is 0.376 e. The third-order valence-electron chi connectivity index (χ3n) is 2.42. The van der Waals surface area contributed by atoms with Gasteiger partial charge in [0.1, 0.15) is 0 Å². The summed E-state index contributed by atoms with van der Waals surface area (Å²) >= 11 is 0. The van der Waals surface area contributed by atoms with Crippen LogP contribution >= 0.6 is 7.60 Å². The van der Waals surface area contributed by atoms with E-state index in [1.54, 1.807) is 12.1 Å². The second kappa shape index (κ2) is 5.56. The van der Waals surface area contributed by atoms with Crippen molar-refractivity contribution in [2.45, 2.75) is 12.8 Å². The van der Waals surface area contributed by atoms with Crippen LogP contribution in [0.25, 0.3) is 0 Å². The summed E-state index contributed by atoms with van der Waals surface area (Å²) in [5.41, 5.74) is 0.896. The van der Waals surface area contributed by atoms with Gasteiger partial charge in [-0.3, -0.25) is 9.36 Å². The van der Waals surface area contributed by atoms with Crippen LogP contribution in [0.2, 0.25) is 0 Å². The predicted octanol–water partition coefficient (Wildman–Crippen LogP) is 2.37. The number of hydrogen-bond donors (Lipinski definition) is 1. The Kier molecular flexibility index (Phi) is 4.60. The molecule has 17 heavy (non-hydrogen) atoms. The summed E-state index contributed by atoms with van der Waals surface area (Å²) in [4.78, 5) is 11.1. The molecule has 0 saturated heterocycles. The van der Waals surface area contributed by atoms with E-state index >= 15 is 0 Å². The molecule has 94 valence electrons. The lowest BCUT2D eigenvalue weighted by Gasteiger charge is -2.19. The van der Waals surface area contributed by atoms with E-state index < -0.39 is 13.4 Å². The Morgan fingerprint density at radius 3 is 2.06 bits per heavy atom. The molecule has 0 aliphatic carbocycles. The Labute approximate surface area is 99.9 Å². The molecular weight excluding hydrogens is 243 g/mol. The van der Waals surface area contributed by atoms with Crippen molar-refractivity contribution in [1.82, 2.24) is 0 Å². The number of hydrogen-bond acceptors (Lipinski definition) is 5. The highest BCUT2D eigenvalue weighted by Gasteiger charge is 2.33. The second-order valence-electron chi connectivity index (χ2n) is 3.46. The Hall–Kier alpha value is -1.00. The zero-order valence-corrected chi connectivity index (χ0v) is 10.8. The molecule has 1 aromatic rings. The van der Waals surface area contributed by atoms with Gasteiger partial charge in [0.05, 0.1) is 0 Å². The van der Waals surface area contributed by atoms with Gasteiger partial charge in [-0.15, -0.1) is 0 Å². The van der Waals surface area contributed by atoms with Gasteiger partial charge in [0.2, 0.25) is 0 Å². The lowest BCUT2D eigenvalue weighted by molar-refractivity contribution is 0.101. The van der Waals surface area contributed by atoms with E-state index in [1.165, 1.54) is 33.3 Å². The fourth-order valence-corrected chi connectivity index (χ4v) is 2.43. The van der Waals surface area contributed by atoms with E-state index in [0.717, 1.165) is 0 Å². The third kappa shape index (κ3) is 3.01. The van der Waals surface area contributed by atoms with E-state index in [1.807, 2.05) is 0 Å². The highest BCUT2D eigenvalue weighted by atomic mass is 31.2. The molecule has 0 radical (unpaired) electrons. The van der Waals surface area contributed by atoms with Gasteiger partial charge in [0.15, 0.2) is 11.6 Å². The van der Waals surface area contributed by atoms with Crippen LogP contribution in [0.4, 0.5) is 0 Å². The molecule has 0 heterocycles. The normalized spacial score (nSPS) is 13.4. The number of ketones is 1. The zero-order valence-electron chi connectivity index (χ0n) is 9.91. The highest BCUT2D eigenvalue weighted by molar-refractivity contribution is 7.53. The molecule has 1 unspecified atom stereocenters. The molecule has 0 amide bonds. The molecule has 0 aliphatic heterocycles. The van der Waals surface area contributed by atoms with Crippen LogP contribution in [0.3, 0.4) is 0 Å². The Balaban J connectivity index is 3.01. The van der Waals surface area contributed by atoms with Crippen LogP contribution in [-0.4, -0.2) is 25.1 Å². The van der Waals surface area contributed by atoms with Crippen molar-refractivity contribution in [2.24, 2.45) is 0 Å². The van der Waals surface area contributed by atoms with Crippen molar-refractivity contribution >= 4 is 13.4 Å². The first-order chi connectivity index (χ1) is 7.94. The maximum Gasteiger partial charge on any atom is 0.362 e. The van der Waals surface area contributed by atoms with Crippen molar-refractivity contribution in [1.29, 1.82) is 0 Å². The minimum Gasteiger partial charge on any atom is -0.376 e. The summed E-state index contributed by atoms with van der Waals surface area (Å²) in [6, 6.07) is 6.14. The monoisotopic (exact) mass is 258 g/mol. The van der Waals surface area contributed by atoms with Crippen molar-refractivity contribution in [3.05, 3.63) is 35.4 Å². The van der Waals surface area contributed by atoms with Crippen LogP contribution in [0.15, 0.2) is 24.3 Å². The Morgan fingerprint density at radius 1 is 1.24 bits per heavy atom. The minimum absolute atomic E-state index is 0.0762. The van der Waals surface area contributed by atoms with Gasteiger partial charge >= 0.3 is 7.60 Å². The fraction of sp³-hybridized carbons (Fsp3) is 0.364. The summed E-state index contributed by atoms with van der Waals surface area (Å²) in [6.45, 7) is 1.45. The lowest BCUT2D eigenvalue weighted by atomic mass is 10.1. The molecule has 0 spiro atoms. The van der Waals surface area contributed by atoms with Crippen LogP contribution in [0, 0.1) is 0 Å². The molecule has 0 saturated carbocycles. The molecule has 6 heteroatoms. The minimum atomic E-state index is -3.56. The molecule has 0 bridgehead atoms. The summed E-state index contributed by atoms with van der Waals surface area (Å²) in [7, 11) is -1.15. The first kappa shape index (κ1) is 14.1. The first-order valence-corrected chi connectivity index (χ1v) is 6.56. The van der Waals surface area contributed by atoms with Crippen molar-refractivity contribution in [3.8, 4) is 0 Å². The van der Waals surface area contributed by atoms with Crippen molar-refractivity contribution < 1.29 is 23.5 Å². The maximum atomic E-state index is 11.9. The molecule has 1 atom stereocenters. The summed E-state index contributed by atoms with van der Waals surface area (Å²) < 4.78 is 21.3. The van der Waals surface area contributed by atoms with Gasteiger partial charge in [0, 0.05) is 19.8 Å². The number of aliphatic hydroxyl groups is 1. The number of rotatable bonds is 5. The molecule has 1 rings (SSSR count). The average Bonchev–Trinajstić information content (AvgIpc) is 2.37. The molecule has 0 fully saturated rings. The van der Waals surface area contributed by atoms with Crippen molar-refractivity contribution in [3.63, 3.8) is 0 Å². The first-order valence-electron chi connectivity index (χ1n) is 4.94. The zero-order chi connectivity index (χ0) is 13.1. The number of aliphatic hydroxyl groups excluding tert-OH is 1. The van der Waals surface area contributed by atoms with Gasteiger partial charge in [-0.1, -0.05) is 24.3 Å². The summed E-state index contributed by atoms with van der Waals surface area (Å²) in [5, 5.41) is 9.87. The number of carbonyl (C=O) groups excluding carboxylic acids is 1. The van der Waals surface area contributed by atoms with Crippen molar-refractivity contribution in [2.75, 3.05) is 14.2 Å². The van der Waals surface area contributed by atoms with E-state index in [9.17, 15) is 14.5 Å². The number of Topliss-reactive ketones (excluding diaryl/α,β-unsaturated/α-hetero) is 1. The quantitative estimate of drug-likeness (QED) is 0.648. The smallest absolute Gasteiger partial charge is 0.362 e. The van der Waals surface area contributed by atoms with Crippen LogP contribution < -0.4 is 0 Å². The van der Waals surface area contributed by atoms with Gasteiger partial charge in [-0.2, -0.15) is 0 Å². The van der Waals surface area contributed by atoms with E-state index in [0.29, 0.717) is 11.1 Å². The maximum absolute atomic E-state index is 11.9. The highest BCUT2D eigenvalue weighted by Crippen LogP contribution is 2.58. The average molecular weight is 258 g/mol. The molecular formula is C11H15O5P. The molecule has 1 N–H and O–H groups in total. The third-order valence-corrected chi connectivity index (χ3v) is 4.34. The summed E-state index contributed by atoms with van der Waals surface area (Å²) in [5.74, 6) is -1.44. The molecule has 0 aliphatic rings. The lowest BCUT2D eigenvalue weighted by Crippen LogP contribution is -2.03. The molecule has 0 aromatic heterocycles. The van der Waals surface area contributed by atoms with Crippen LogP contribution in [0.1, 0.15) is 28.7 Å². The van der Waals surface area contributed by atoms with E-state index in [-0.39, 0.29) is 5.78 Å². The van der Waals surface area contributed by atoms with Gasteiger partial charge in [-0.05, 0) is 12.5 Å². The molecule has 1 aromatic carbocycles. The van der Waals surface area contributed by atoms with E-state index in [4.69, 9.17) is 9.05 Å². The SMILES string of the molecule is COP(=O)(OC)C(O)c1ccc(C(C)=O)cc1. The predicted molar refractivity (Wildman–Crippen MR) is 63.0 cm³/mol. The second-order valence-corrected chi connectivity index (χ2v) is 5.76. The topological polar surface area (TPSA) is 72.8 Å². The summed E-state index contributed by atoms with van der Waals surface area (Å²) in [6.07, 6.45) is 0. The standard InChI is InChI=1S/C11H15O5P/c1-8(12)9-4-6-10(7-5-9)11(13)17(14,15-2)16-3/h4-7,11,13H,1-3H3. The van der Waals surface area contributed by atoms with Gasteiger partial charge in [0.25, 0.3) is 0 Å². The van der Waals surface area contributed by atoms with Gasteiger partial charge in [-0.25, -0.2) is 0 Å². The van der Waals surface area contributed by atoms with Crippen LogP contribution in [0.5, 0.6) is 0 Å².